The van der Waals surface area contributed by atoms with E-state index in [2.05, 4.69) is 34.2 Å². The highest BCUT2D eigenvalue weighted by Gasteiger charge is 2.10. The fourth-order valence-electron chi connectivity index (χ4n) is 2.43. The van der Waals surface area contributed by atoms with Crippen molar-refractivity contribution in [3.05, 3.63) is 89.2 Å². The maximum absolute atomic E-state index is 5.94. The molecule has 0 amide bonds. The van der Waals surface area contributed by atoms with Crippen LogP contribution in [0.5, 0.6) is 0 Å². The molecule has 0 aliphatic carbocycles. The van der Waals surface area contributed by atoms with Crippen molar-refractivity contribution in [3.8, 4) is 0 Å². The Kier molecular flexibility index (Phi) is 4.07. The number of halogens is 1. The Morgan fingerprint density at radius 3 is 2.17 bits per heavy atom. The first-order valence-electron chi connectivity index (χ1n) is 7.41. The second kappa shape index (κ2) is 6.51. The van der Waals surface area contributed by atoms with Crippen LogP contribution in [0.15, 0.2) is 77.9 Å². The van der Waals surface area contributed by atoms with Gasteiger partial charge in [-0.2, -0.15) is 0 Å². The average molecular weight is 350 g/mol. The van der Waals surface area contributed by atoms with Gasteiger partial charge in [0.05, 0.1) is 15.9 Å². The highest BCUT2D eigenvalue weighted by molar-refractivity contribution is 7.22. The number of benzene rings is 2. The second-order valence-electron chi connectivity index (χ2n) is 5.16. The van der Waals surface area contributed by atoms with Crippen LogP contribution in [0.4, 0.5) is 5.13 Å². The summed E-state index contributed by atoms with van der Waals surface area (Å²) in [4.78, 5) is 13.5. The van der Waals surface area contributed by atoms with Gasteiger partial charge in [0.1, 0.15) is 5.15 Å². The van der Waals surface area contributed by atoms with Gasteiger partial charge in [0.15, 0.2) is 0 Å². The van der Waals surface area contributed by atoms with Crippen molar-refractivity contribution < 1.29 is 0 Å². The summed E-state index contributed by atoms with van der Waals surface area (Å²) in [5.41, 5.74) is 3.83. The van der Waals surface area contributed by atoms with E-state index in [4.69, 9.17) is 16.6 Å². The molecule has 3 nitrogen and oxygen atoms in total. The Hall–Kier alpha value is -2.56. The minimum absolute atomic E-state index is 0.440. The van der Waals surface area contributed by atoms with Gasteiger partial charge in [0, 0.05) is 23.4 Å². The van der Waals surface area contributed by atoms with E-state index in [1.165, 1.54) is 11.3 Å². The molecule has 2 heterocycles. The summed E-state index contributed by atoms with van der Waals surface area (Å²) in [5, 5.41) is 1.13. The maximum atomic E-state index is 5.94. The highest BCUT2D eigenvalue weighted by Crippen LogP contribution is 2.30. The number of hydrogen-bond acceptors (Lipinski definition) is 4. The molecule has 2 aromatic heterocycles. The molecule has 5 heteroatoms. The minimum Gasteiger partial charge on any atom is -0.243 e. The molecule has 0 bridgehead atoms. The first-order valence-corrected chi connectivity index (χ1v) is 8.61. The van der Waals surface area contributed by atoms with Crippen LogP contribution in [0, 0.1) is 0 Å². The van der Waals surface area contributed by atoms with Gasteiger partial charge < -0.3 is 0 Å². The van der Waals surface area contributed by atoms with Gasteiger partial charge in [-0.05, 0) is 0 Å². The van der Waals surface area contributed by atoms with Crippen LogP contribution in [0.1, 0.15) is 11.1 Å². The highest BCUT2D eigenvalue weighted by atomic mass is 35.5. The monoisotopic (exact) mass is 349 g/mol. The number of fused-ring (bicyclic) bond motifs is 1. The molecule has 2 aromatic carbocycles. The van der Waals surface area contributed by atoms with Gasteiger partial charge >= 0.3 is 0 Å². The molecule has 116 valence electrons. The third-order valence-corrected chi connectivity index (χ3v) is 4.64. The summed E-state index contributed by atoms with van der Waals surface area (Å²) in [7, 11) is 0. The maximum Gasteiger partial charge on any atom is 0.210 e. The van der Waals surface area contributed by atoms with Crippen LogP contribution in [-0.2, 0) is 0 Å². The molecule has 0 aliphatic rings. The second-order valence-corrected chi connectivity index (χ2v) is 6.56. The van der Waals surface area contributed by atoms with Crippen molar-refractivity contribution >= 4 is 44.0 Å². The molecule has 0 saturated carbocycles. The number of nitrogens with zero attached hydrogens (tertiary/aromatic N) is 3. The Labute approximate surface area is 148 Å². The van der Waals surface area contributed by atoms with E-state index in [-0.39, 0.29) is 0 Å². The van der Waals surface area contributed by atoms with Crippen LogP contribution in [0.3, 0.4) is 0 Å². The Morgan fingerprint density at radius 2 is 1.54 bits per heavy atom. The average Bonchev–Trinajstić information content (AvgIpc) is 3.03. The summed E-state index contributed by atoms with van der Waals surface area (Å²) >= 11 is 7.45. The topological polar surface area (TPSA) is 38.1 Å². The van der Waals surface area contributed by atoms with E-state index >= 15 is 0 Å². The lowest BCUT2D eigenvalue weighted by atomic mass is 10.0. The third kappa shape index (κ3) is 3.07. The number of hydrogen-bond donors (Lipinski definition) is 0. The Morgan fingerprint density at radius 1 is 0.917 bits per heavy atom. The molecule has 0 unspecified atom stereocenters. The Balaban J connectivity index is 1.87. The van der Waals surface area contributed by atoms with E-state index in [1.807, 2.05) is 36.4 Å². The summed E-state index contributed by atoms with van der Waals surface area (Å²) in [6.45, 7) is 0. The molecule has 0 saturated heterocycles. The zero-order valence-electron chi connectivity index (χ0n) is 12.6. The number of pyridine rings is 1. The van der Waals surface area contributed by atoms with Crippen LogP contribution in [0.25, 0.3) is 10.2 Å². The molecule has 0 fully saturated rings. The standard InChI is InChI=1S/C19H12ClN3S/c20-17-11-15-16(12-21-17)24-19(22-15)23-18(13-7-3-1-4-8-13)14-9-5-2-6-10-14/h1-12H. The Bertz CT molecular complexity index is 969. The lowest BCUT2D eigenvalue weighted by molar-refractivity contribution is 1.34. The zero-order valence-corrected chi connectivity index (χ0v) is 14.1. The van der Waals surface area contributed by atoms with Crippen molar-refractivity contribution in [3.63, 3.8) is 0 Å². The summed E-state index contributed by atoms with van der Waals surface area (Å²) in [5.74, 6) is 0. The lowest BCUT2D eigenvalue weighted by Gasteiger charge is -2.06. The lowest BCUT2D eigenvalue weighted by Crippen LogP contribution is -2.02. The minimum atomic E-state index is 0.440. The van der Waals surface area contributed by atoms with Gasteiger partial charge in [-0.3, -0.25) is 0 Å². The van der Waals surface area contributed by atoms with E-state index in [0.717, 1.165) is 27.1 Å². The predicted molar refractivity (Wildman–Crippen MR) is 101 cm³/mol. The zero-order chi connectivity index (χ0) is 16.4. The van der Waals surface area contributed by atoms with Crippen molar-refractivity contribution in [1.82, 2.24) is 9.97 Å². The number of aliphatic imine (C=N–C) groups is 1. The van der Waals surface area contributed by atoms with Crippen LogP contribution >= 0.6 is 22.9 Å². The van der Waals surface area contributed by atoms with Crippen molar-refractivity contribution in [2.45, 2.75) is 0 Å². The SMILES string of the molecule is Clc1cc2nc(N=C(c3ccccc3)c3ccccc3)sc2cn1. The first kappa shape index (κ1) is 15.0. The van der Waals surface area contributed by atoms with Crippen LogP contribution in [0.2, 0.25) is 5.15 Å². The normalized spacial score (nSPS) is 10.7. The van der Waals surface area contributed by atoms with Gasteiger partial charge in [0.2, 0.25) is 5.13 Å². The molecule has 24 heavy (non-hydrogen) atoms. The van der Waals surface area contributed by atoms with Gasteiger partial charge in [0.25, 0.3) is 0 Å². The van der Waals surface area contributed by atoms with Gasteiger partial charge in [-0.1, -0.05) is 83.6 Å². The molecule has 4 rings (SSSR count). The fourth-order valence-corrected chi connectivity index (χ4v) is 3.37. The predicted octanol–water partition coefficient (Wildman–Crippen LogP) is 5.51. The van der Waals surface area contributed by atoms with Crippen molar-refractivity contribution in [2.75, 3.05) is 0 Å². The van der Waals surface area contributed by atoms with Crippen molar-refractivity contribution in [2.24, 2.45) is 4.99 Å². The molecule has 0 radical (unpaired) electrons. The van der Waals surface area contributed by atoms with Crippen LogP contribution < -0.4 is 0 Å². The number of rotatable bonds is 3. The van der Waals surface area contributed by atoms with Gasteiger partial charge in [-0.25, -0.2) is 15.0 Å². The molecule has 0 atom stereocenters. The molecule has 0 spiro atoms. The molecule has 4 aromatic rings. The van der Waals surface area contributed by atoms with Gasteiger partial charge in [-0.15, -0.1) is 0 Å². The largest absolute Gasteiger partial charge is 0.243 e. The number of thiazole rings is 1. The van der Waals surface area contributed by atoms with E-state index in [1.54, 1.807) is 12.3 Å². The van der Waals surface area contributed by atoms with Crippen LogP contribution in [-0.4, -0.2) is 15.7 Å². The summed E-state index contributed by atoms with van der Waals surface area (Å²) in [6, 6.07) is 22.0. The third-order valence-electron chi connectivity index (χ3n) is 3.53. The first-order chi connectivity index (χ1) is 11.8. The van der Waals surface area contributed by atoms with Crippen molar-refractivity contribution in [1.29, 1.82) is 0 Å². The van der Waals surface area contributed by atoms with E-state index < -0.39 is 0 Å². The van der Waals surface area contributed by atoms with E-state index in [9.17, 15) is 0 Å². The molecule has 0 N–H and O–H groups in total. The molecular formula is C19H12ClN3S. The smallest absolute Gasteiger partial charge is 0.210 e. The molecule has 0 aliphatic heterocycles. The molecular weight excluding hydrogens is 338 g/mol. The summed E-state index contributed by atoms with van der Waals surface area (Å²) < 4.78 is 0.971. The number of aromatic nitrogens is 2. The summed E-state index contributed by atoms with van der Waals surface area (Å²) in [6.07, 6.45) is 1.74. The fraction of sp³-hybridized carbons (Fsp3) is 0. The van der Waals surface area contributed by atoms with E-state index in [0.29, 0.717) is 10.3 Å². The quantitative estimate of drug-likeness (QED) is 0.361.